The highest BCUT2D eigenvalue weighted by Gasteiger charge is 2.20. The molecule has 9 heteroatoms. The number of fused-ring (bicyclic) bond motifs is 1. The second kappa shape index (κ2) is 7.80. The quantitative estimate of drug-likeness (QED) is 0.528. The number of nitriles is 1. The average molecular weight is 413 g/mol. The Morgan fingerprint density at radius 2 is 1.97 bits per heavy atom. The highest BCUT2D eigenvalue weighted by atomic mass is 15.4. The van der Waals surface area contributed by atoms with Gasteiger partial charge in [-0.25, -0.2) is 14.6 Å². The van der Waals surface area contributed by atoms with E-state index in [0.717, 1.165) is 35.2 Å². The molecule has 5 rings (SSSR count). The summed E-state index contributed by atoms with van der Waals surface area (Å²) >= 11 is 0. The smallest absolute Gasteiger partial charge is 0.164 e. The fraction of sp³-hybridized carbons (Fsp3) is 0.364. The Labute approximate surface area is 179 Å². The largest absolute Gasteiger partial charge is 0.382 e. The standard InChI is InChI=1S/C22H23N9/c1-14(2)27-19-8-21(31-22-16(11-26-31)7-15(9-23)10-25-22)24-12-18(19)20-13-30(29-28-20)17-5-3-4-6-17/h7-8,10-14,17H,3-6H2,1-2H3,(H,24,27). The van der Waals surface area contributed by atoms with Gasteiger partial charge in [-0.05, 0) is 32.8 Å². The number of hydrogen-bond donors (Lipinski definition) is 1. The zero-order chi connectivity index (χ0) is 21.4. The zero-order valence-corrected chi connectivity index (χ0v) is 17.5. The number of pyridine rings is 2. The van der Waals surface area contributed by atoms with E-state index < -0.39 is 0 Å². The van der Waals surface area contributed by atoms with Crippen LogP contribution < -0.4 is 5.32 Å². The van der Waals surface area contributed by atoms with Gasteiger partial charge in [0.05, 0.1) is 24.0 Å². The number of aromatic nitrogens is 7. The lowest BCUT2D eigenvalue weighted by atomic mass is 10.1. The number of rotatable bonds is 5. The molecule has 31 heavy (non-hydrogen) atoms. The van der Waals surface area contributed by atoms with E-state index in [4.69, 9.17) is 5.26 Å². The molecule has 1 saturated carbocycles. The Bertz CT molecular complexity index is 1270. The Kier molecular flexibility index (Phi) is 4.82. The number of anilines is 1. The first-order valence-corrected chi connectivity index (χ1v) is 10.6. The number of hydrogen-bond acceptors (Lipinski definition) is 7. The molecule has 1 aliphatic rings. The summed E-state index contributed by atoms with van der Waals surface area (Å²) in [4.78, 5) is 9.04. The van der Waals surface area contributed by atoms with Gasteiger partial charge in [-0.2, -0.15) is 15.0 Å². The van der Waals surface area contributed by atoms with Crippen molar-refractivity contribution >= 4 is 16.7 Å². The molecular weight excluding hydrogens is 390 g/mol. The third-order valence-corrected chi connectivity index (χ3v) is 5.57. The van der Waals surface area contributed by atoms with Crippen LogP contribution in [0.1, 0.15) is 51.1 Å². The molecule has 0 aliphatic heterocycles. The van der Waals surface area contributed by atoms with Gasteiger partial charge in [-0.1, -0.05) is 18.1 Å². The molecule has 0 saturated heterocycles. The Morgan fingerprint density at radius 1 is 1.13 bits per heavy atom. The van der Waals surface area contributed by atoms with Crippen molar-refractivity contribution in [2.75, 3.05) is 5.32 Å². The van der Waals surface area contributed by atoms with Crippen LogP contribution in [0.15, 0.2) is 36.9 Å². The van der Waals surface area contributed by atoms with Crippen LogP contribution in [0.5, 0.6) is 0 Å². The van der Waals surface area contributed by atoms with E-state index in [1.54, 1.807) is 29.3 Å². The molecule has 4 heterocycles. The lowest BCUT2D eigenvalue weighted by Crippen LogP contribution is -2.12. The van der Waals surface area contributed by atoms with Gasteiger partial charge in [0.1, 0.15) is 11.8 Å². The van der Waals surface area contributed by atoms with E-state index in [9.17, 15) is 0 Å². The first-order valence-electron chi connectivity index (χ1n) is 10.6. The van der Waals surface area contributed by atoms with E-state index in [2.05, 4.69) is 50.6 Å². The molecule has 1 aliphatic carbocycles. The third kappa shape index (κ3) is 3.61. The topological polar surface area (TPSA) is 110 Å². The maximum absolute atomic E-state index is 9.10. The van der Waals surface area contributed by atoms with Gasteiger partial charge in [-0.15, -0.1) is 5.10 Å². The predicted octanol–water partition coefficient (Wildman–Crippen LogP) is 3.88. The molecular formula is C22H23N9. The van der Waals surface area contributed by atoms with Crippen LogP contribution in [0.4, 0.5) is 5.69 Å². The summed E-state index contributed by atoms with van der Waals surface area (Å²) in [6.45, 7) is 4.18. The Balaban J connectivity index is 1.55. The minimum absolute atomic E-state index is 0.226. The molecule has 0 amide bonds. The molecule has 4 aromatic rings. The zero-order valence-electron chi connectivity index (χ0n) is 17.5. The number of nitrogens with zero attached hydrogens (tertiary/aromatic N) is 8. The second-order valence-corrected chi connectivity index (χ2v) is 8.21. The van der Waals surface area contributed by atoms with Gasteiger partial charge in [-0.3, -0.25) is 0 Å². The monoisotopic (exact) mass is 413 g/mol. The summed E-state index contributed by atoms with van der Waals surface area (Å²) in [5.74, 6) is 0.641. The average Bonchev–Trinajstić information content (AvgIpc) is 3.52. The van der Waals surface area contributed by atoms with Crippen molar-refractivity contribution in [3.8, 4) is 23.1 Å². The summed E-state index contributed by atoms with van der Waals surface area (Å²) in [6, 6.07) is 6.50. The summed E-state index contributed by atoms with van der Waals surface area (Å²) in [5.41, 5.74) is 3.77. The summed E-state index contributed by atoms with van der Waals surface area (Å²) in [5, 5.41) is 26.6. The van der Waals surface area contributed by atoms with Gasteiger partial charge >= 0.3 is 0 Å². The van der Waals surface area contributed by atoms with E-state index in [0.29, 0.717) is 23.1 Å². The predicted molar refractivity (Wildman–Crippen MR) is 117 cm³/mol. The maximum Gasteiger partial charge on any atom is 0.164 e. The second-order valence-electron chi connectivity index (χ2n) is 8.21. The van der Waals surface area contributed by atoms with E-state index in [1.165, 1.54) is 12.8 Å². The minimum Gasteiger partial charge on any atom is -0.382 e. The normalized spacial score (nSPS) is 14.4. The summed E-state index contributed by atoms with van der Waals surface area (Å²) in [6.07, 6.45) is 11.9. The van der Waals surface area contributed by atoms with Crippen molar-refractivity contribution in [1.29, 1.82) is 5.26 Å². The van der Waals surface area contributed by atoms with E-state index in [1.807, 2.05) is 16.9 Å². The Morgan fingerprint density at radius 3 is 2.74 bits per heavy atom. The van der Waals surface area contributed by atoms with Crippen LogP contribution in [-0.4, -0.2) is 40.8 Å². The summed E-state index contributed by atoms with van der Waals surface area (Å²) < 4.78 is 3.67. The molecule has 156 valence electrons. The highest BCUT2D eigenvalue weighted by Crippen LogP contribution is 2.32. The van der Waals surface area contributed by atoms with E-state index in [-0.39, 0.29) is 6.04 Å². The highest BCUT2D eigenvalue weighted by molar-refractivity contribution is 5.79. The van der Waals surface area contributed by atoms with Crippen molar-refractivity contribution < 1.29 is 0 Å². The Hall–Kier alpha value is -3.80. The van der Waals surface area contributed by atoms with Gasteiger partial charge in [0.15, 0.2) is 11.5 Å². The number of nitrogens with one attached hydrogen (secondary N) is 1. The van der Waals surface area contributed by atoms with Gasteiger partial charge in [0.2, 0.25) is 0 Å². The first kappa shape index (κ1) is 19.2. The SMILES string of the molecule is CC(C)Nc1cc(-n2ncc3cc(C#N)cnc32)ncc1-c1cn(C2CCCC2)nn1. The van der Waals surface area contributed by atoms with Crippen LogP contribution in [-0.2, 0) is 0 Å². The maximum atomic E-state index is 9.10. The molecule has 0 unspecified atom stereocenters. The van der Waals surface area contributed by atoms with Gasteiger partial charge in [0, 0.05) is 41.1 Å². The fourth-order valence-electron chi connectivity index (χ4n) is 4.09. The van der Waals surface area contributed by atoms with Crippen LogP contribution in [0.3, 0.4) is 0 Å². The molecule has 0 aromatic carbocycles. The van der Waals surface area contributed by atoms with Crippen LogP contribution in [0, 0.1) is 11.3 Å². The molecule has 0 radical (unpaired) electrons. The molecule has 0 bridgehead atoms. The molecule has 4 aromatic heterocycles. The fourth-order valence-corrected chi connectivity index (χ4v) is 4.09. The van der Waals surface area contributed by atoms with Crippen molar-refractivity contribution in [2.45, 2.75) is 51.6 Å². The van der Waals surface area contributed by atoms with E-state index >= 15 is 0 Å². The lowest BCUT2D eigenvalue weighted by Gasteiger charge is -2.15. The van der Waals surface area contributed by atoms with Crippen molar-refractivity contribution in [1.82, 2.24) is 34.7 Å². The molecule has 0 atom stereocenters. The molecule has 0 spiro atoms. The molecule has 1 N–H and O–H groups in total. The van der Waals surface area contributed by atoms with Gasteiger partial charge < -0.3 is 5.32 Å². The third-order valence-electron chi connectivity index (χ3n) is 5.57. The van der Waals surface area contributed by atoms with Crippen LogP contribution in [0.25, 0.3) is 28.1 Å². The van der Waals surface area contributed by atoms with Gasteiger partial charge in [0.25, 0.3) is 0 Å². The minimum atomic E-state index is 0.226. The summed E-state index contributed by atoms with van der Waals surface area (Å²) in [7, 11) is 0. The van der Waals surface area contributed by atoms with Crippen LogP contribution in [0.2, 0.25) is 0 Å². The van der Waals surface area contributed by atoms with Crippen molar-refractivity contribution in [3.05, 3.63) is 42.5 Å². The van der Waals surface area contributed by atoms with Crippen molar-refractivity contribution in [2.24, 2.45) is 0 Å². The van der Waals surface area contributed by atoms with Crippen LogP contribution >= 0.6 is 0 Å². The lowest BCUT2D eigenvalue weighted by molar-refractivity contribution is 0.454. The first-order chi connectivity index (χ1) is 15.1. The van der Waals surface area contributed by atoms with Crippen molar-refractivity contribution in [3.63, 3.8) is 0 Å². The molecule has 1 fully saturated rings. The molecule has 9 nitrogen and oxygen atoms in total.